The van der Waals surface area contributed by atoms with Crippen molar-refractivity contribution in [2.45, 2.75) is 13.6 Å². The minimum Gasteiger partial charge on any atom is -0.101 e. The number of rotatable bonds is 15. The van der Waals surface area contributed by atoms with Crippen LogP contribution in [0.5, 0.6) is 0 Å². The summed E-state index contributed by atoms with van der Waals surface area (Å²) in [6, 6.07) is 0. The fourth-order valence-electron chi connectivity index (χ4n) is 1.06. The molecule has 0 aromatic heterocycles. The summed E-state index contributed by atoms with van der Waals surface area (Å²) in [7, 11) is 34.6. The van der Waals surface area contributed by atoms with Crippen LogP contribution in [-0.4, -0.2) is 120 Å². The maximum atomic E-state index is 5.19. The van der Waals surface area contributed by atoms with Gasteiger partial charge in [0.25, 0.3) is 0 Å². The van der Waals surface area contributed by atoms with Gasteiger partial charge in [0.05, 0.1) is 13.7 Å². The van der Waals surface area contributed by atoms with Crippen LogP contribution in [0, 0.1) is 0 Å². The quantitative estimate of drug-likeness (QED) is 0.189. The summed E-state index contributed by atoms with van der Waals surface area (Å²) in [4.78, 5) is 0. The van der Waals surface area contributed by atoms with Gasteiger partial charge in [-0.15, -0.1) is 6.82 Å². The minimum absolute atomic E-state index is 0.529. The predicted molar refractivity (Wildman–Crippen MR) is 110 cm³/mol. The van der Waals surface area contributed by atoms with Crippen molar-refractivity contribution in [3.8, 4) is 0 Å². The Kier molecular flexibility index (Phi) is 18.2. The molecule has 0 amide bonds. The molecule has 19 heavy (non-hydrogen) atoms. The normalized spacial score (nSPS) is 7.68. The topological polar surface area (TPSA) is 0 Å². The lowest BCUT2D eigenvalue weighted by Crippen LogP contribution is -2.37. The Bertz CT molecular complexity index is 159. The van der Waals surface area contributed by atoms with Crippen molar-refractivity contribution >= 4 is 120 Å². The second-order valence-corrected chi connectivity index (χ2v) is 3.89. The molecule has 0 fully saturated rings. The smallest absolute Gasteiger partial charge is 0.0598 e. The van der Waals surface area contributed by atoms with Crippen molar-refractivity contribution in [3.05, 3.63) is 0 Å². The van der Waals surface area contributed by atoms with Gasteiger partial charge in [0.15, 0.2) is 0 Å². The molecule has 0 nitrogen and oxygen atoms in total. The maximum Gasteiger partial charge on any atom is 0.0598 e. The van der Waals surface area contributed by atoms with Gasteiger partial charge in [-0.05, 0) is 0 Å². The monoisotopic (exact) mass is 217 g/mol. The maximum absolute atomic E-state index is 5.19. The Morgan fingerprint density at radius 2 is 1.00 bits per heavy atom. The van der Waals surface area contributed by atoms with Crippen molar-refractivity contribution in [3.63, 3.8) is 0 Å². The van der Waals surface area contributed by atoms with E-state index >= 15 is 0 Å². The van der Waals surface area contributed by atoms with E-state index in [1.807, 2.05) is 70.6 Å². The molecule has 0 aliphatic carbocycles. The van der Waals surface area contributed by atoms with E-state index in [0.717, 1.165) is 0 Å². The van der Waals surface area contributed by atoms with Gasteiger partial charge in [-0.3, -0.25) is 0 Å². The second-order valence-electron chi connectivity index (χ2n) is 3.89. The van der Waals surface area contributed by atoms with Gasteiger partial charge in [0.2, 0.25) is 0 Å². The molecule has 17 radical (unpaired) electrons. The highest BCUT2D eigenvalue weighted by molar-refractivity contribution is 7.74. The zero-order valence-corrected chi connectivity index (χ0v) is 11.8. The van der Waals surface area contributed by atoms with Gasteiger partial charge in [-0.2, -0.15) is 0 Å². The number of hydrogen-bond acceptors (Lipinski definition) is 0. The first kappa shape index (κ1) is 20.1. The summed E-state index contributed by atoms with van der Waals surface area (Å²) < 4.78 is 0. The van der Waals surface area contributed by atoms with Crippen LogP contribution in [0.4, 0.5) is 0 Å². The van der Waals surface area contributed by atoms with Crippen LogP contribution in [0.15, 0.2) is 0 Å². The molecule has 0 aromatic rings. The van der Waals surface area contributed by atoms with Gasteiger partial charge in [0.1, 0.15) is 0 Å². The van der Waals surface area contributed by atoms with E-state index in [1.165, 1.54) is 7.06 Å². The highest BCUT2D eigenvalue weighted by Gasteiger charge is 2.04. The van der Waals surface area contributed by atoms with Crippen LogP contribution in [0.1, 0.15) is 0 Å². The van der Waals surface area contributed by atoms with E-state index in [9.17, 15) is 0 Å². The Balaban J connectivity index is 2.95. The van der Waals surface area contributed by atoms with E-state index in [1.54, 1.807) is 7.06 Å². The summed E-state index contributed by atoms with van der Waals surface area (Å²) >= 11 is 0. The van der Waals surface area contributed by atoms with Crippen molar-refractivity contribution in [2.75, 3.05) is 0 Å². The fraction of sp³-hybridized carbons (Fsp3) is 1.00. The zero-order valence-electron chi connectivity index (χ0n) is 11.8. The molecule has 0 aliphatic rings. The third-order valence-electron chi connectivity index (χ3n) is 2.27. The van der Waals surface area contributed by atoms with Crippen LogP contribution < -0.4 is 0 Å². The van der Waals surface area contributed by atoms with Crippen molar-refractivity contribution < 1.29 is 0 Å². The molecule has 0 rings (SSSR count). The van der Waals surface area contributed by atoms with Gasteiger partial charge in [-0.25, -0.2) is 0 Å². The van der Waals surface area contributed by atoms with Gasteiger partial charge in [-0.1, -0.05) is 6.82 Å². The van der Waals surface area contributed by atoms with Crippen molar-refractivity contribution in [1.29, 1.82) is 0 Å². The van der Waals surface area contributed by atoms with Crippen molar-refractivity contribution in [2.24, 2.45) is 0 Å². The fourth-order valence-corrected chi connectivity index (χ4v) is 1.06. The molecule has 0 unspecified atom stereocenters. The summed E-state index contributed by atoms with van der Waals surface area (Å²) in [5, 5.41) is 0. The second kappa shape index (κ2) is 17.2. The standard InChI is InChI=1S/C2H6B17/c1-4-19(2)18-17-16-15-14-13-12-11-10-9-8-7-6-5-3/h1-2H3. The van der Waals surface area contributed by atoms with Gasteiger partial charge in [0, 0.05) is 107 Å². The van der Waals surface area contributed by atoms with Crippen LogP contribution in [0.2, 0.25) is 13.6 Å². The Hall–Kier alpha value is 1.10. The Labute approximate surface area is 134 Å². The first-order chi connectivity index (χ1) is 9.31. The summed E-state index contributed by atoms with van der Waals surface area (Å²) in [6.45, 7) is 4.76. The highest BCUT2D eigenvalue weighted by atomic mass is 13.1. The van der Waals surface area contributed by atoms with Crippen LogP contribution >= 0.6 is 0 Å². The molecule has 0 aromatic carbocycles. The number of hydrogen-bond donors (Lipinski definition) is 0. The zero-order chi connectivity index (χ0) is 14.2. The third kappa shape index (κ3) is 17.1. The third-order valence-corrected chi connectivity index (χ3v) is 2.27. The average Bonchev–Trinajstić information content (AvgIpc) is 2.43. The molecule has 0 aliphatic heterocycles. The van der Waals surface area contributed by atoms with Gasteiger partial charge < -0.3 is 0 Å². The molecule has 0 saturated carbocycles. The molecule has 17 heteroatoms. The molecular weight excluding hydrogens is 208 g/mol. The van der Waals surface area contributed by atoms with E-state index in [-0.39, 0.29) is 0 Å². The highest BCUT2D eigenvalue weighted by Crippen LogP contribution is 1.72. The molecule has 0 spiro atoms. The molecule has 0 bridgehead atoms. The summed E-state index contributed by atoms with van der Waals surface area (Å²) in [5.41, 5.74) is 0. The lowest BCUT2D eigenvalue weighted by Gasteiger charge is -2.01. The van der Waals surface area contributed by atoms with E-state index in [2.05, 4.69) is 34.9 Å². The first-order valence-electron chi connectivity index (χ1n) is 6.49. The SMILES string of the molecule is [B][B][B][B][B][B][B][B][B][B][B][B][B][B][B]B(C)[B]C. The molecular formula is C2H6B17. The first-order valence-corrected chi connectivity index (χ1v) is 6.49. The van der Waals surface area contributed by atoms with Gasteiger partial charge >= 0.3 is 0 Å². The molecule has 0 atom stereocenters. The van der Waals surface area contributed by atoms with Crippen LogP contribution in [0.3, 0.4) is 0 Å². The summed E-state index contributed by atoms with van der Waals surface area (Å²) in [6.07, 6.45) is 0. The van der Waals surface area contributed by atoms with Crippen LogP contribution in [0.25, 0.3) is 0 Å². The van der Waals surface area contributed by atoms with E-state index in [4.69, 9.17) is 7.74 Å². The lowest BCUT2D eigenvalue weighted by atomic mass is 8.83. The molecule has 0 heterocycles. The minimum atomic E-state index is 0.529. The Morgan fingerprint density at radius 3 is 1.37 bits per heavy atom. The molecule has 0 saturated heterocycles. The average molecular weight is 214 g/mol. The molecule has 65 valence electrons. The van der Waals surface area contributed by atoms with E-state index in [0.29, 0.717) is 6.49 Å². The largest absolute Gasteiger partial charge is 0.101 e. The predicted octanol–water partition coefficient (Wildman–Crippen LogP) is -5.31. The summed E-state index contributed by atoms with van der Waals surface area (Å²) in [5.74, 6) is 0. The molecule has 0 N–H and O–H groups in total. The van der Waals surface area contributed by atoms with E-state index < -0.39 is 0 Å². The van der Waals surface area contributed by atoms with Crippen molar-refractivity contribution in [1.82, 2.24) is 0 Å². The lowest BCUT2D eigenvalue weighted by molar-refractivity contribution is 2.26. The Morgan fingerprint density at radius 1 is 0.632 bits per heavy atom. The van der Waals surface area contributed by atoms with Crippen LogP contribution in [-0.2, 0) is 0 Å².